The molecule has 4 heteroatoms. The maximum Gasteiger partial charge on any atom is 0.303 e. The van der Waals surface area contributed by atoms with Crippen LogP contribution in [0, 0.1) is 46.3 Å². The molecule has 4 aliphatic rings. The second-order valence-corrected chi connectivity index (χ2v) is 11.4. The van der Waals surface area contributed by atoms with Gasteiger partial charge in [0.25, 0.3) is 0 Å². The summed E-state index contributed by atoms with van der Waals surface area (Å²) in [6.07, 6.45) is 9.19. The van der Waals surface area contributed by atoms with E-state index in [1.807, 2.05) is 0 Å². The van der Waals surface area contributed by atoms with Crippen molar-refractivity contribution in [1.82, 2.24) is 0 Å². The van der Waals surface area contributed by atoms with E-state index in [1.54, 1.807) is 0 Å². The molecule has 4 fully saturated rings. The number of aliphatic carboxylic acids is 1. The van der Waals surface area contributed by atoms with Crippen molar-refractivity contribution < 1.29 is 20.1 Å². The van der Waals surface area contributed by atoms with E-state index < -0.39 is 5.97 Å². The summed E-state index contributed by atoms with van der Waals surface area (Å²) in [4.78, 5) is 11.1. The molecule has 0 aromatic heterocycles. The van der Waals surface area contributed by atoms with Gasteiger partial charge in [0.15, 0.2) is 0 Å². The van der Waals surface area contributed by atoms with Crippen LogP contribution < -0.4 is 0 Å². The molecule has 10 atom stereocenters. The molecule has 3 N–H and O–H groups in total. The zero-order valence-electron chi connectivity index (χ0n) is 17.9. The molecule has 0 aromatic carbocycles. The lowest BCUT2D eigenvalue weighted by molar-refractivity contribution is -0.174. The lowest BCUT2D eigenvalue weighted by Crippen LogP contribution is -2.58. The van der Waals surface area contributed by atoms with Crippen LogP contribution in [0.5, 0.6) is 0 Å². The first-order chi connectivity index (χ1) is 13.2. The van der Waals surface area contributed by atoms with Crippen molar-refractivity contribution in [3.05, 3.63) is 0 Å². The van der Waals surface area contributed by atoms with E-state index >= 15 is 0 Å². The van der Waals surface area contributed by atoms with Crippen molar-refractivity contribution in [2.75, 3.05) is 0 Å². The number of aliphatic hydroxyl groups is 2. The van der Waals surface area contributed by atoms with Crippen LogP contribution in [0.25, 0.3) is 0 Å². The molecule has 0 radical (unpaired) electrons. The smallest absolute Gasteiger partial charge is 0.303 e. The Labute approximate surface area is 170 Å². The molecule has 0 heterocycles. The molecule has 3 unspecified atom stereocenters. The second kappa shape index (κ2) is 7.27. The van der Waals surface area contributed by atoms with Crippen molar-refractivity contribution in [2.24, 2.45) is 46.3 Å². The van der Waals surface area contributed by atoms with Crippen molar-refractivity contribution in [3.8, 4) is 0 Å². The van der Waals surface area contributed by atoms with E-state index in [1.165, 1.54) is 25.7 Å². The van der Waals surface area contributed by atoms with Gasteiger partial charge in [0.2, 0.25) is 0 Å². The van der Waals surface area contributed by atoms with Crippen molar-refractivity contribution in [1.29, 1.82) is 0 Å². The van der Waals surface area contributed by atoms with Gasteiger partial charge in [-0.2, -0.15) is 0 Å². The zero-order chi connectivity index (χ0) is 20.3. The number of aliphatic hydroxyl groups excluding tert-OH is 2. The summed E-state index contributed by atoms with van der Waals surface area (Å²) in [5, 5.41) is 30.5. The van der Waals surface area contributed by atoms with Crippen LogP contribution in [0.3, 0.4) is 0 Å². The fourth-order valence-corrected chi connectivity index (χ4v) is 8.73. The Kier molecular flexibility index (Phi) is 5.36. The zero-order valence-corrected chi connectivity index (χ0v) is 17.9. The summed E-state index contributed by atoms with van der Waals surface area (Å²) in [6.45, 7) is 7.16. The quantitative estimate of drug-likeness (QED) is 0.659. The Hall–Kier alpha value is -0.610. The van der Waals surface area contributed by atoms with Gasteiger partial charge in [-0.1, -0.05) is 20.8 Å². The van der Waals surface area contributed by atoms with Gasteiger partial charge in [-0.3, -0.25) is 4.79 Å². The van der Waals surface area contributed by atoms with Crippen LogP contribution in [0.2, 0.25) is 0 Å². The third-order valence-electron chi connectivity index (χ3n) is 10.2. The maximum atomic E-state index is 11.2. The average molecular weight is 393 g/mol. The first kappa shape index (κ1) is 20.7. The molecule has 28 heavy (non-hydrogen) atoms. The molecule has 0 saturated heterocycles. The van der Waals surface area contributed by atoms with Gasteiger partial charge in [0, 0.05) is 6.42 Å². The van der Waals surface area contributed by atoms with Crippen LogP contribution in [0.15, 0.2) is 0 Å². The van der Waals surface area contributed by atoms with Gasteiger partial charge in [0.1, 0.15) is 0 Å². The highest BCUT2D eigenvalue weighted by atomic mass is 16.4. The van der Waals surface area contributed by atoms with E-state index in [9.17, 15) is 15.0 Å². The maximum absolute atomic E-state index is 11.2. The predicted molar refractivity (Wildman–Crippen MR) is 109 cm³/mol. The Balaban J connectivity index is 1.55. The highest BCUT2D eigenvalue weighted by Gasteiger charge is 2.62. The Bertz CT molecular complexity index is 605. The first-order valence-corrected chi connectivity index (χ1v) is 11.7. The highest BCUT2D eigenvalue weighted by Crippen LogP contribution is 2.68. The number of rotatable bonds is 4. The average Bonchev–Trinajstić information content (AvgIpc) is 2.98. The fourth-order valence-electron chi connectivity index (χ4n) is 8.73. The Morgan fingerprint density at radius 3 is 2.39 bits per heavy atom. The standard InChI is InChI=1S/C24H40O4/c1-14(4-7-21(27)28)17-5-6-18-22-19(9-11-24(17,18)3)23(2)10-8-16(25)12-15(23)13-20(22)26/h14-20,22,25-26H,4-13H2,1-3H3,(H,27,28)/t14?,15-,16?,17-,18-,19+,20?,22-,23-,24+/m0/s1. The van der Waals surface area contributed by atoms with E-state index in [2.05, 4.69) is 20.8 Å². The highest BCUT2D eigenvalue weighted by molar-refractivity contribution is 5.66. The summed E-state index contributed by atoms with van der Waals surface area (Å²) in [5.41, 5.74) is 0.523. The largest absolute Gasteiger partial charge is 0.481 e. The van der Waals surface area contributed by atoms with Gasteiger partial charge in [0.05, 0.1) is 12.2 Å². The number of carboxylic acids is 1. The van der Waals surface area contributed by atoms with E-state index in [4.69, 9.17) is 5.11 Å². The lowest BCUT2D eigenvalue weighted by Gasteiger charge is -2.62. The lowest BCUT2D eigenvalue weighted by atomic mass is 9.43. The third kappa shape index (κ3) is 3.14. The minimum atomic E-state index is -0.684. The molecule has 0 amide bonds. The van der Waals surface area contributed by atoms with Crippen LogP contribution in [-0.2, 0) is 4.79 Å². The molecular weight excluding hydrogens is 352 g/mol. The molecule has 4 saturated carbocycles. The van der Waals surface area contributed by atoms with Crippen molar-refractivity contribution >= 4 is 5.97 Å². The summed E-state index contributed by atoms with van der Waals surface area (Å²) in [7, 11) is 0. The fraction of sp³-hybridized carbons (Fsp3) is 0.958. The third-order valence-corrected chi connectivity index (χ3v) is 10.2. The van der Waals surface area contributed by atoms with Gasteiger partial charge in [-0.25, -0.2) is 0 Å². The molecule has 0 bridgehead atoms. The number of carboxylic acid groups (broad SMARTS) is 1. The van der Waals surface area contributed by atoms with Crippen LogP contribution in [0.4, 0.5) is 0 Å². The Morgan fingerprint density at radius 2 is 1.68 bits per heavy atom. The molecule has 4 rings (SSSR count). The van der Waals surface area contributed by atoms with Crippen molar-refractivity contribution in [2.45, 2.75) is 97.2 Å². The summed E-state index contributed by atoms with van der Waals surface area (Å²) >= 11 is 0. The van der Waals surface area contributed by atoms with Crippen LogP contribution in [0.1, 0.15) is 85.0 Å². The molecule has 0 aromatic rings. The molecule has 160 valence electrons. The van der Waals surface area contributed by atoms with E-state index in [-0.39, 0.29) is 29.5 Å². The van der Waals surface area contributed by atoms with Crippen LogP contribution >= 0.6 is 0 Å². The predicted octanol–water partition coefficient (Wildman–Crippen LogP) is 4.48. The number of hydrogen-bond acceptors (Lipinski definition) is 3. The summed E-state index contributed by atoms with van der Waals surface area (Å²) in [5.74, 6) is 2.36. The molecule has 4 nitrogen and oxygen atoms in total. The summed E-state index contributed by atoms with van der Waals surface area (Å²) < 4.78 is 0. The number of hydrogen-bond donors (Lipinski definition) is 3. The van der Waals surface area contributed by atoms with Gasteiger partial charge < -0.3 is 15.3 Å². The van der Waals surface area contributed by atoms with Gasteiger partial charge >= 0.3 is 5.97 Å². The molecule has 4 aliphatic carbocycles. The minimum absolute atomic E-state index is 0.179. The van der Waals surface area contributed by atoms with Crippen LogP contribution in [-0.4, -0.2) is 33.5 Å². The van der Waals surface area contributed by atoms with E-state index in [0.717, 1.165) is 32.1 Å². The molecule has 0 aliphatic heterocycles. The molecular formula is C24H40O4. The van der Waals surface area contributed by atoms with Gasteiger partial charge in [-0.05, 0) is 104 Å². The first-order valence-electron chi connectivity index (χ1n) is 11.7. The van der Waals surface area contributed by atoms with Crippen molar-refractivity contribution in [3.63, 3.8) is 0 Å². The topological polar surface area (TPSA) is 77.8 Å². The Morgan fingerprint density at radius 1 is 1.00 bits per heavy atom. The minimum Gasteiger partial charge on any atom is -0.481 e. The molecule has 0 spiro atoms. The van der Waals surface area contributed by atoms with Gasteiger partial charge in [-0.15, -0.1) is 0 Å². The number of carbonyl (C=O) groups is 1. The SMILES string of the molecule is CC(CCC(=O)O)[C@@H]1CC[C@H]2[C@@H]3C(O)C[C@@H]4CC(O)CC[C@]4(C)[C@@H]3CC[C@]12C. The monoisotopic (exact) mass is 392 g/mol. The second-order valence-electron chi connectivity index (χ2n) is 11.4. The van der Waals surface area contributed by atoms with E-state index in [0.29, 0.717) is 35.5 Å². The summed E-state index contributed by atoms with van der Waals surface area (Å²) in [6, 6.07) is 0. The normalized spacial score (nSPS) is 51.7. The number of fused-ring (bicyclic) bond motifs is 5.